The van der Waals surface area contributed by atoms with Gasteiger partial charge >= 0.3 is 0 Å². The molecule has 0 aromatic carbocycles. The number of nitrogens with one attached hydrogen (secondary N) is 1. The van der Waals surface area contributed by atoms with E-state index in [1.54, 1.807) is 19.4 Å². The zero-order chi connectivity index (χ0) is 12.0. The zero-order valence-corrected chi connectivity index (χ0v) is 10.9. The van der Waals surface area contributed by atoms with Crippen LogP contribution in [0.2, 0.25) is 0 Å². The molecule has 0 saturated heterocycles. The molecule has 0 aliphatic heterocycles. The monoisotopic (exact) mass is 241 g/mol. The number of hydrogen-bond acceptors (Lipinski definition) is 4. The van der Waals surface area contributed by atoms with Crippen LogP contribution in [0.4, 0.5) is 5.82 Å². The Labute approximate surface area is 100 Å². The molecular formula is C11H19N3OS. The number of nitrogens with zero attached hydrogens (tertiary/aromatic N) is 2. The lowest BCUT2D eigenvalue weighted by molar-refractivity contribution is 0.752. The second kappa shape index (κ2) is 6.58. The van der Waals surface area contributed by atoms with Gasteiger partial charge in [-0.25, -0.2) is 4.98 Å². The van der Waals surface area contributed by atoms with Gasteiger partial charge in [0.2, 0.25) is 0 Å². The van der Waals surface area contributed by atoms with Crippen LogP contribution >= 0.6 is 11.8 Å². The SMILES string of the molecule is CCSCCC(C)Nc1nccn(C)c1=O. The van der Waals surface area contributed by atoms with Gasteiger partial charge in [-0.2, -0.15) is 11.8 Å². The third kappa shape index (κ3) is 3.89. The second-order valence-electron chi connectivity index (χ2n) is 3.72. The van der Waals surface area contributed by atoms with Gasteiger partial charge in [-0.1, -0.05) is 6.92 Å². The molecule has 0 aliphatic carbocycles. The fourth-order valence-electron chi connectivity index (χ4n) is 1.31. The van der Waals surface area contributed by atoms with E-state index in [9.17, 15) is 4.79 Å². The molecule has 0 spiro atoms. The maximum Gasteiger partial charge on any atom is 0.293 e. The summed E-state index contributed by atoms with van der Waals surface area (Å²) >= 11 is 1.91. The lowest BCUT2D eigenvalue weighted by Gasteiger charge is -2.13. The molecule has 4 nitrogen and oxygen atoms in total. The molecule has 0 bridgehead atoms. The average molecular weight is 241 g/mol. The van der Waals surface area contributed by atoms with Gasteiger partial charge in [0.05, 0.1) is 0 Å². The molecule has 1 N–H and O–H groups in total. The van der Waals surface area contributed by atoms with Gasteiger partial charge in [-0.15, -0.1) is 0 Å². The molecule has 1 unspecified atom stereocenters. The highest BCUT2D eigenvalue weighted by molar-refractivity contribution is 7.99. The van der Waals surface area contributed by atoms with Crippen LogP contribution in [0.5, 0.6) is 0 Å². The highest BCUT2D eigenvalue weighted by Crippen LogP contribution is 2.06. The molecule has 0 radical (unpaired) electrons. The molecule has 0 aliphatic rings. The summed E-state index contributed by atoms with van der Waals surface area (Å²) in [5, 5.41) is 3.15. The summed E-state index contributed by atoms with van der Waals surface area (Å²) < 4.78 is 1.53. The summed E-state index contributed by atoms with van der Waals surface area (Å²) in [6.07, 6.45) is 4.33. The van der Waals surface area contributed by atoms with E-state index in [0.29, 0.717) is 5.82 Å². The van der Waals surface area contributed by atoms with Crippen LogP contribution in [0.3, 0.4) is 0 Å². The van der Waals surface area contributed by atoms with Crippen LogP contribution in [-0.2, 0) is 7.05 Å². The first-order chi connectivity index (χ1) is 7.65. The van der Waals surface area contributed by atoms with E-state index in [2.05, 4.69) is 24.1 Å². The number of thioether (sulfide) groups is 1. The third-order valence-corrected chi connectivity index (χ3v) is 3.23. The Kier molecular flexibility index (Phi) is 5.38. The van der Waals surface area contributed by atoms with Gasteiger partial charge in [0.15, 0.2) is 5.82 Å². The molecule has 1 atom stereocenters. The predicted molar refractivity (Wildman–Crippen MR) is 70.2 cm³/mol. The topological polar surface area (TPSA) is 46.9 Å². The molecule has 1 heterocycles. The number of aromatic nitrogens is 2. The lowest BCUT2D eigenvalue weighted by atomic mass is 10.2. The van der Waals surface area contributed by atoms with E-state index in [1.807, 2.05) is 11.8 Å². The molecule has 1 aromatic rings. The molecule has 0 fully saturated rings. The average Bonchev–Trinajstić information content (AvgIpc) is 2.25. The van der Waals surface area contributed by atoms with Crippen LogP contribution in [0.25, 0.3) is 0 Å². The van der Waals surface area contributed by atoms with Crippen molar-refractivity contribution in [2.75, 3.05) is 16.8 Å². The first kappa shape index (κ1) is 13.1. The molecule has 5 heteroatoms. The van der Waals surface area contributed by atoms with Crippen molar-refractivity contribution < 1.29 is 0 Å². The summed E-state index contributed by atoms with van der Waals surface area (Å²) in [7, 11) is 1.73. The van der Waals surface area contributed by atoms with Crippen LogP contribution in [0.1, 0.15) is 20.3 Å². The first-order valence-electron chi connectivity index (χ1n) is 5.51. The maximum atomic E-state index is 11.7. The first-order valence-corrected chi connectivity index (χ1v) is 6.66. The fourth-order valence-corrected chi connectivity index (χ4v) is 2.12. The summed E-state index contributed by atoms with van der Waals surface area (Å²) in [6, 6.07) is 0.279. The van der Waals surface area contributed by atoms with E-state index in [-0.39, 0.29) is 11.6 Å². The molecule has 1 aromatic heterocycles. The molecule has 1 rings (SSSR count). The van der Waals surface area contributed by atoms with Gasteiger partial charge < -0.3 is 9.88 Å². The van der Waals surface area contributed by atoms with Crippen molar-refractivity contribution in [3.8, 4) is 0 Å². The fraction of sp³-hybridized carbons (Fsp3) is 0.636. The lowest BCUT2D eigenvalue weighted by Crippen LogP contribution is -2.26. The van der Waals surface area contributed by atoms with Gasteiger partial charge in [0, 0.05) is 25.5 Å². The van der Waals surface area contributed by atoms with Crippen molar-refractivity contribution in [3.05, 3.63) is 22.7 Å². The van der Waals surface area contributed by atoms with Crippen molar-refractivity contribution in [2.24, 2.45) is 7.05 Å². The quantitative estimate of drug-likeness (QED) is 0.770. The van der Waals surface area contributed by atoms with Crippen molar-refractivity contribution in [1.82, 2.24) is 9.55 Å². The van der Waals surface area contributed by atoms with Crippen molar-refractivity contribution in [1.29, 1.82) is 0 Å². The van der Waals surface area contributed by atoms with Crippen molar-refractivity contribution in [2.45, 2.75) is 26.3 Å². The number of anilines is 1. The predicted octanol–water partition coefficient (Wildman–Crippen LogP) is 1.72. The smallest absolute Gasteiger partial charge is 0.293 e. The zero-order valence-electron chi connectivity index (χ0n) is 10.1. The Bertz CT molecular complexity index is 378. The number of hydrogen-bond donors (Lipinski definition) is 1. The molecular weight excluding hydrogens is 222 g/mol. The van der Waals surface area contributed by atoms with Gasteiger partial charge in [-0.05, 0) is 24.9 Å². The molecule has 0 saturated carbocycles. The summed E-state index contributed by atoms with van der Waals surface area (Å²) in [5.74, 6) is 2.69. The normalized spacial score (nSPS) is 12.4. The van der Waals surface area contributed by atoms with E-state index >= 15 is 0 Å². The largest absolute Gasteiger partial charge is 0.363 e. The van der Waals surface area contributed by atoms with E-state index in [4.69, 9.17) is 0 Å². The van der Waals surface area contributed by atoms with Gasteiger partial charge in [-0.3, -0.25) is 4.79 Å². The summed E-state index contributed by atoms with van der Waals surface area (Å²) in [4.78, 5) is 15.7. The third-order valence-electron chi connectivity index (χ3n) is 2.30. The van der Waals surface area contributed by atoms with Gasteiger partial charge in [0.25, 0.3) is 5.56 Å². The minimum atomic E-state index is -0.0718. The van der Waals surface area contributed by atoms with E-state index in [1.165, 1.54) is 4.57 Å². The minimum Gasteiger partial charge on any atom is -0.363 e. The van der Waals surface area contributed by atoms with Crippen molar-refractivity contribution in [3.63, 3.8) is 0 Å². The van der Waals surface area contributed by atoms with Gasteiger partial charge in [0.1, 0.15) is 0 Å². The number of rotatable bonds is 6. The van der Waals surface area contributed by atoms with Crippen LogP contribution in [0, 0.1) is 0 Å². The Hall–Kier alpha value is -0.970. The second-order valence-corrected chi connectivity index (χ2v) is 5.12. The molecule has 90 valence electrons. The highest BCUT2D eigenvalue weighted by atomic mass is 32.2. The van der Waals surface area contributed by atoms with Crippen molar-refractivity contribution >= 4 is 17.6 Å². The Morgan fingerprint density at radius 3 is 3.06 bits per heavy atom. The Morgan fingerprint density at radius 2 is 2.38 bits per heavy atom. The summed E-state index contributed by atoms with van der Waals surface area (Å²) in [6.45, 7) is 4.22. The standard InChI is InChI=1S/C11H19N3OS/c1-4-16-8-5-9(2)13-10-11(15)14(3)7-6-12-10/h6-7,9H,4-5,8H2,1-3H3,(H,12,13). The van der Waals surface area contributed by atoms with Crippen LogP contribution in [0.15, 0.2) is 17.2 Å². The highest BCUT2D eigenvalue weighted by Gasteiger charge is 2.06. The van der Waals surface area contributed by atoms with Crippen LogP contribution in [-0.4, -0.2) is 27.1 Å². The summed E-state index contributed by atoms with van der Waals surface area (Å²) in [5.41, 5.74) is -0.0718. The minimum absolute atomic E-state index is 0.0718. The molecule has 0 amide bonds. The maximum absolute atomic E-state index is 11.7. The molecule has 16 heavy (non-hydrogen) atoms. The van der Waals surface area contributed by atoms with E-state index < -0.39 is 0 Å². The van der Waals surface area contributed by atoms with Crippen LogP contribution < -0.4 is 10.9 Å². The number of aryl methyl sites for hydroxylation is 1. The Morgan fingerprint density at radius 1 is 1.62 bits per heavy atom. The van der Waals surface area contributed by atoms with E-state index in [0.717, 1.165) is 17.9 Å². The Balaban J connectivity index is 2.53.